The van der Waals surface area contributed by atoms with Crippen molar-refractivity contribution in [3.63, 3.8) is 0 Å². The SMILES string of the molecule is C[C@@H]1O[C@]23C[C@H]1O[C@@H]2CC=CC3(C)C. The predicted molar refractivity (Wildman–Crippen MR) is 54.1 cm³/mol. The van der Waals surface area contributed by atoms with Crippen LogP contribution >= 0.6 is 0 Å². The van der Waals surface area contributed by atoms with Crippen LogP contribution in [0.5, 0.6) is 0 Å². The van der Waals surface area contributed by atoms with Gasteiger partial charge in [0.2, 0.25) is 0 Å². The zero-order valence-electron chi connectivity index (χ0n) is 9.12. The molecule has 0 aromatic heterocycles. The van der Waals surface area contributed by atoms with Crippen molar-refractivity contribution in [3.8, 4) is 0 Å². The average molecular weight is 194 g/mol. The third kappa shape index (κ3) is 0.842. The van der Waals surface area contributed by atoms with Crippen LogP contribution in [0, 0.1) is 5.41 Å². The summed E-state index contributed by atoms with van der Waals surface area (Å²) in [7, 11) is 0. The van der Waals surface area contributed by atoms with Gasteiger partial charge < -0.3 is 9.47 Å². The molecular weight excluding hydrogens is 176 g/mol. The van der Waals surface area contributed by atoms with Gasteiger partial charge in [-0.05, 0) is 13.3 Å². The van der Waals surface area contributed by atoms with Crippen molar-refractivity contribution < 1.29 is 9.47 Å². The van der Waals surface area contributed by atoms with Crippen molar-refractivity contribution in [2.75, 3.05) is 0 Å². The van der Waals surface area contributed by atoms with E-state index in [0.717, 1.165) is 12.8 Å². The van der Waals surface area contributed by atoms with E-state index >= 15 is 0 Å². The molecule has 78 valence electrons. The van der Waals surface area contributed by atoms with E-state index in [4.69, 9.17) is 9.47 Å². The molecule has 3 aliphatic rings. The van der Waals surface area contributed by atoms with Crippen molar-refractivity contribution >= 4 is 0 Å². The molecule has 0 saturated carbocycles. The van der Waals surface area contributed by atoms with Gasteiger partial charge in [0.15, 0.2) is 0 Å². The number of fused-ring (bicyclic) bond motifs is 1. The third-order valence-corrected chi connectivity index (χ3v) is 4.26. The summed E-state index contributed by atoms with van der Waals surface area (Å²) < 4.78 is 12.2. The summed E-state index contributed by atoms with van der Waals surface area (Å²) >= 11 is 0. The Morgan fingerprint density at radius 2 is 2.14 bits per heavy atom. The Balaban J connectivity index is 2.05. The lowest BCUT2D eigenvalue weighted by Crippen LogP contribution is -2.54. The first-order chi connectivity index (χ1) is 6.55. The molecule has 2 heterocycles. The molecule has 2 aliphatic heterocycles. The van der Waals surface area contributed by atoms with Crippen LogP contribution in [-0.4, -0.2) is 23.9 Å². The molecule has 0 aromatic carbocycles. The molecule has 1 aliphatic carbocycles. The van der Waals surface area contributed by atoms with Gasteiger partial charge in [-0.15, -0.1) is 0 Å². The lowest BCUT2D eigenvalue weighted by Gasteiger charge is -2.48. The first-order valence-electron chi connectivity index (χ1n) is 5.56. The molecular formula is C12H18O2. The molecule has 2 bridgehead atoms. The zero-order valence-corrected chi connectivity index (χ0v) is 9.12. The highest BCUT2D eigenvalue weighted by molar-refractivity contribution is 5.22. The molecule has 2 fully saturated rings. The van der Waals surface area contributed by atoms with Crippen molar-refractivity contribution in [1.29, 1.82) is 0 Å². The van der Waals surface area contributed by atoms with Crippen molar-refractivity contribution in [1.82, 2.24) is 0 Å². The van der Waals surface area contributed by atoms with Crippen molar-refractivity contribution in [2.24, 2.45) is 5.41 Å². The van der Waals surface area contributed by atoms with E-state index in [-0.39, 0.29) is 17.1 Å². The number of rotatable bonds is 0. The second-order valence-electron chi connectivity index (χ2n) is 5.44. The van der Waals surface area contributed by atoms with Gasteiger partial charge in [-0.25, -0.2) is 0 Å². The van der Waals surface area contributed by atoms with E-state index in [0.29, 0.717) is 12.2 Å². The zero-order chi connectivity index (χ0) is 9.97. The van der Waals surface area contributed by atoms with Crippen LogP contribution in [0.15, 0.2) is 12.2 Å². The standard InChI is InChI=1S/C12H18O2/c1-8-9-7-12(14-8)10(13-9)5-4-6-11(12,2)3/h4,6,8-10H,5,7H2,1-3H3/t8-,9+,10+,12+/m0/s1. The first-order valence-corrected chi connectivity index (χ1v) is 5.56. The molecule has 2 heteroatoms. The summed E-state index contributed by atoms with van der Waals surface area (Å²) in [4.78, 5) is 0. The van der Waals surface area contributed by atoms with E-state index in [1.165, 1.54) is 0 Å². The molecule has 0 radical (unpaired) electrons. The lowest BCUT2D eigenvalue weighted by atomic mass is 9.67. The molecule has 3 rings (SSSR count). The van der Waals surface area contributed by atoms with Gasteiger partial charge in [-0.1, -0.05) is 26.0 Å². The van der Waals surface area contributed by atoms with Crippen LogP contribution in [0.25, 0.3) is 0 Å². The molecule has 2 saturated heterocycles. The second-order valence-corrected chi connectivity index (χ2v) is 5.44. The topological polar surface area (TPSA) is 18.5 Å². The number of hydrogen-bond donors (Lipinski definition) is 0. The van der Waals surface area contributed by atoms with Gasteiger partial charge in [0.05, 0.1) is 18.3 Å². The van der Waals surface area contributed by atoms with Gasteiger partial charge in [0, 0.05) is 11.8 Å². The minimum absolute atomic E-state index is 0.0359. The highest BCUT2D eigenvalue weighted by Crippen LogP contribution is 2.56. The highest BCUT2D eigenvalue weighted by atomic mass is 16.6. The van der Waals surface area contributed by atoms with E-state index in [1.54, 1.807) is 0 Å². The monoisotopic (exact) mass is 194 g/mol. The molecule has 4 atom stereocenters. The third-order valence-electron chi connectivity index (χ3n) is 4.26. The maximum absolute atomic E-state index is 6.19. The van der Waals surface area contributed by atoms with E-state index in [2.05, 4.69) is 32.9 Å². The molecule has 0 amide bonds. The second kappa shape index (κ2) is 2.42. The minimum atomic E-state index is -0.0359. The van der Waals surface area contributed by atoms with Crippen LogP contribution in [0.4, 0.5) is 0 Å². The van der Waals surface area contributed by atoms with Gasteiger partial charge in [0.25, 0.3) is 0 Å². The number of ether oxygens (including phenoxy) is 2. The van der Waals surface area contributed by atoms with E-state index in [1.807, 2.05) is 0 Å². The average Bonchev–Trinajstić information content (AvgIpc) is 2.58. The van der Waals surface area contributed by atoms with Gasteiger partial charge in [0.1, 0.15) is 5.60 Å². The summed E-state index contributed by atoms with van der Waals surface area (Å²) in [5.74, 6) is 0. The summed E-state index contributed by atoms with van der Waals surface area (Å²) in [5.41, 5.74) is 0.0846. The first kappa shape index (κ1) is 8.93. The molecule has 14 heavy (non-hydrogen) atoms. The Morgan fingerprint density at radius 3 is 2.86 bits per heavy atom. The minimum Gasteiger partial charge on any atom is -0.369 e. The summed E-state index contributed by atoms with van der Waals surface area (Å²) in [6.45, 7) is 6.66. The summed E-state index contributed by atoms with van der Waals surface area (Å²) in [5, 5.41) is 0. The van der Waals surface area contributed by atoms with E-state index in [9.17, 15) is 0 Å². The fourth-order valence-corrected chi connectivity index (χ4v) is 3.31. The number of hydrogen-bond acceptors (Lipinski definition) is 2. The van der Waals surface area contributed by atoms with Gasteiger partial charge in [-0.3, -0.25) is 0 Å². The lowest BCUT2D eigenvalue weighted by molar-refractivity contribution is -0.211. The fourth-order valence-electron chi connectivity index (χ4n) is 3.31. The molecule has 1 spiro atoms. The van der Waals surface area contributed by atoms with Crippen LogP contribution in [0.2, 0.25) is 0 Å². The normalized spacial score (nSPS) is 53.5. The van der Waals surface area contributed by atoms with Gasteiger partial charge >= 0.3 is 0 Å². The predicted octanol–water partition coefficient (Wildman–Crippen LogP) is 2.29. The molecule has 2 nitrogen and oxygen atoms in total. The van der Waals surface area contributed by atoms with Crippen LogP contribution < -0.4 is 0 Å². The van der Waals surface area contributed by atoms with Crippen LogP contribution in [0.1, 0.15) is 33.6 Å². The summed E-state index contributed by atoms with van der Waals surface area (Å²) in [6, 6.07) is 0. The maximum Gasteiger partial charge on any atom is 0.106 e. The van der Waals surface area contributed by atoms with E-state index < -0.39 is 0 Å². The van der Waals surface area contributed by atoms with Crippen LogP contribution in [-0.2, 0) is 9.47 Å². The Hall–Kier alpha value is -0.340. The van der Waals surface area contributed by atoms with Crippen LogP contribution in [0.3, 0.4) is 0 Å². The van der Waals surface area contributed by atoms with Crippen molar-refractivity contribution in [2.45, 2.75) is 57.5 Å². The van der Waals surface area contributed by atoms with Gasteiger partial charge in [-0.2, -0.15) is 0 Å². The summed E-state index contributed by atoms with van der Waals surface area (Å²) in [6.07, 6.45) is 7.54. The Kier molecular flexibility index (Phi) is 1.54. The fraction of sp³-hybridized carbons (Fsp3) is 0.833. The Bertz CT molecular complexity index is 291. The highest BCUT2D eigenvalue weighted by Gasteiger charge is 2.64. The molecule has 0 unspecified atom stereocenters. The molecule has 0 aromatic rings. The van der Waals surface area contributed by atoms with Crippen molar-refractivity contribution in [3.05, 3.63) is 12.2 Å². The smallest absolute Gasteiger partial charge is 0.106 e. The quantitative estimate of drug-likeness (QED) is 0.551. The molecule has 0 N–H and O–H groups in total. The maximum atomic E-state index is 6.19. The Labute approximate surface area is 85.3 Å². The largest absolute Gasteiger partial charge is 0.369 e. The Morgan fingerprint density at radius 1 is 1.36 bits per heavy atom.